The van der Waals surface area contributed by atoms with Gasteiger partial charge in [-0.25, -0.2) is 9.18 Å². The Kier molecular flexibility index (Phi) is 4.70. The van der Waals surface area contributed by atoms with Gasteiger partial charge in [0.15, 0.2) is 17.9 Å². The minimum Gasteiger partial charge on any atom is -0.381 e. The first-order valence-corrected chi connectivity index (χ1v) is 8.68. The van der Waals surface area contributed by atoms with E-state index in [0.29, 0.717) is 13.0 Å². The van der Waals surface area contributed by atoms with Crippen LogP contribution < -0.4 is 11.4 Å². The summed E-state index contributed by atoms with van der Waals surface area (Å²) < 4.78 is 15.0. The number of hydrogen-bond donors (Lipinski definition) is 1. The molecule has 138 valence electrons. The minimum absolute atomic E-state index is 0.0797. The lowest BCUT2D eigenvalue weighted by atomic mass is 10.0. The molecule has 2 N–H and O–H groups in total. The molecule has 0 unspecified atom stereocenters. The molecule has 1 saturated heterocycles. The Morgan fingerprint density at radius 1 is 1.11 bits per heavy atom. The largest absolute Gasteiger partial charge is 0.381 e. The highest BCUT2D eigenvalue weighted by atomic mass is 19.1. The summed E-state index contributed by atoms with van der Waals surface area (Å²) in [6.45, 7) is 0.538. The Bertz CT molecular complexity index is 978. The number of hydrogen-bond acceptors (Lipinski definition) is 5. The van der Waals surface area contributed by atoms with E-state index < -0.39 is 23.6 Å². The quantitative estimate of drug-likeness (QED) is 0.768. The fourth-order valence-corrected chi connectivity index (χ4v) is 3.30. The van der Waals surface area contributed by atoms with Crippen LogP contribution in [0.1, 0.15) is 29.8 Å². The van der Waals surface area contributed by atoms with Crippen molar-refractivity contribution < 1.29 is 9.23 Å². The van der Waals surface area contributed by atoms with E-state index >= 15 is 0 Å². The van der Waals surface area contributed by atoms with Crippen molar-refractivity contribution in [3.05, 3.63) is 94.3 Å². The van der Waals surface area contributed by atoms with Crippen molar-refractivity contribution in [3.8, 4) is 0 Å². The molecule has 0 radical (unpaired) electrons. The van der Waals surface area contributed by atoms with Crippen LogP contribution >= 0.6 is 0 Å². The summed E-state index contributed by atoms with van der Waals surface area (Å²) in [5.74, 6) is -1.15. The van der Waals surface area contributed by atoms with E-state index in [1.165, 1.54) is 0 Å². The van der Waals surface area contributed by atoms with E-state index in [2.05, 4.69) is 4.98 Å². The van der Waals surface area contributed by atoms with Crippen molar-refractivity contribution in [3.63, 3.8) is 0 Å². The van der Waals surface area contributed by atoms with E-state index in [1.54, 1.807) is 0 Å². The first-order chi connectivity index (χ1) is 13.1. The molecule has 0 aliphatic carbocycles. The Labute approximate surface area is 155 Å². The zero-order valence-corrected chi connectivity index (χ0v) is 14.5. The number of hydroxylamine groups is 2. The summed E-state index contributed by atoms with van der Waals surface area (Å²) in [6, 6.07) is 19.7. The maximum Gasteiger partial charge on any atom is 0.351 e. The molecular weight excluding hydrogens is 347 g/mol. The monoisotopic (exact) mass is 366 g/mol. The Morgan fingerprint density at radius 2 is 1.78 bits per heavy atom. The van der Waals surface area contributed by atoms with Crippen LogP contribution in [0.4, 0.5) is 10.2 Å². The number of nitrogens with zero attached hydrogens (tertiary/aromatic N) is 3. The summed E-state index contributed by atoms with van der Waals surface area (Å²) in [5, 5.41) is 1.83. The third kappa shape index (κ3) is 3.60. The molecule has 0 spiro atoms. The highest BCUT2D eigenvalue weighted by molar-refractivity contribution is 5.26. The Morgan fingerprint density at radius 3 is 2.48 bits per heavy atom. The van der Waals surface area contributed by atoms with Crippen molar-refractivity contribution in [1.82, 2.24) is 14.6 Å². The molecule has 4 rings (SSSR count). The van der Waals surface area contributed by atoms with Gasteiger partial charge in [0.05, 0.1) is 12.2 Å². The standard InChI is InChI=1S/C20H19FN4O2/c21-16-13-24(20(26)23-19(16)22)18-11-17(15-9-5-2-6-10-15)25(27-18)12-14-7-3-1-4-8-14/h1-10,13,17-18H,11-12H2,(H2,22,23,26)/t17-,18-/m0/s1. The number of halogens is 1. The molecule has 1 aromatic heterocycles. The Hall–Kier alpha value is -3.03. The molecule has 1 fully saturated rings. The van der Waals surface area contributed by atoms with Crippen LogP contribution in [-0.2, 0) is 11.4 Å². The number of nitrogen functional groups attached to an aromatic ring is 1. The van der Waals surface area contributed by atoms with Gasteiger partial charge in [-0.15, -0.1) is 0 Å². The number of rotatable bonds is 4. The third-order valence-corrected chi connectivity index (χ3v) is 4.64. The highest BCUT2D eigenvalue weighted by Gasteiger charge is 2.36. The fraction of sp³-hybridized carbons (Fsp3) is 0.200. The van der Waals surface area contributed by atoms with Crippen molar-refractivity contribution in [2.45, 2.75) is 25.2 Å². The predicted octanol–water partition coefficient (Wildman–Crippen LogP) is 3.04. The first kappa shape index (κ1) is 17.4. The molecule has 0 bridgehead atoms. The van der Waals surface area contributed by atoms with Gasteiger partial charge in [-0.2, -0.15) is 10.0 Å². The normalized spacial score (nSPS) is 20.0. The van der Waals surface area contributed by atoms with Crippen LogP contribution in [0, 0.1) is 5.82 Å². The van der Waals surface area contributed by atoms with Crippen LogP contribution in [0.15, 0.2) is 71.7 Å². The van der Waals surface area contributed by atoms with Crippen molar-refractivity contribution in [2.75, 3.05) is 5.73 Å². The van der Waals surface area contributed by atoms with Gasteiger partial charge in [0, 0.05) is 13.0 Å². The molecule has 27 heavy (non-hydrogen) atoms. The number of nitrogens with two attached hydrogens (primary N) is 1. The summed E-state index contributed by atoms with van der Waals surface area (Å²) in [6.07, 6.45) is 0.889. The average molecular weight is 366 g/mol. The number of anilines is 1. The molecule has 7 heteroatoms. The maximum atomic E-state index is 13.9. The summed E-state index contributed by atoms with van der Waals surface area (Å²) in [4.78, 5) is 21.8. The van der Waals surface area contributed by atoms with Gasteiger partial charge >= 0.3 is 5.69 Å². The van der Waals surface area contributed by atoms with Crippen LogP contribution in [0.2, 0.25) is 0 Å². The van der Waals surface area contributed by atoms with Gasteiger partial charge in [0.25, 0.3) is 0 Å². The lowest BCUT2D eigenvalue weighted by molar-refractivity contribution is -0.191. The zero-order valence-electron chi connectivity index (χ0n) is 14.5. The van der Waals surface area contributed by atoms with Crippen LogP contribution in [0.5, 0.6) is 0 Å². The predicted molar refractivity (Wildman–Crippen MR) is 98.8 cm³/mol. The second kappa shape index (κ2) is 7.30. The molecular formula is C20H19FN4O2. The van der Waals surface area contributed by atoms with Crippen molar-refractivity contribution in [2.24, 2.45) is 0 Å². The first-order valence-electron chi connectivity index (χ1n) is 8.68. The second-order valence-electron chi connectivity index (χ2n) is 6.45. The van der Waals surface area contributed by atoms with E-state index in [1.807, 2.05) is 65.7 Å². The van der Waals surface area contributed by atoms with Crippen molar-refractivity contribution >= 4 is 5.82 Å². The topological polar surface area (TPSA) is 73.4 Å². The maximum absolute atomic E-state index is 13.9. The van der Waals surface area contributed by atoms with Crippen LogP contribution in [-0.4, -0.2) is 14.6 Å². The van der Waals surface area contributed by atoms with E-state index in [4.69, 9.17) is 10.6 Å². The van der Waals surface area contributed by atoms with E-state index in [-0.39, 0.29) is 6.04 Å². The number of benzene rings is 2. The van der Waals surface area contributed by atoms with E-state index in [0.717, 1.165) is 21.9 Å². The average Bonchev–Trinajstić information content (AvgIpc) is 3.09. The molecule has 0 saturated carbocycles. The molecule has 1 aliphatic heterocycles. The molecule has 1 aliphatic rings. The van der Waals surface area contributed by atoms with Gasteiger partial charge in [0.2, 0.25) is 0 Å². The molecule has 0 amide bonds. The van der Waals surface area contributed by atoms with Crippen LogP contribution in [0.25, 0.3) is 0 Å². The minimum atomic E-state index is -0.740. The molecule has 2 aromatic carbocycles. The highest BCUT2D eigenvalue weighted by Crippen LogP contribution is 2.39. The van der Waals surface area contributed by atoms with Crippen LogP contribution in [0.3, 0.4) is 0 Å². The van der Waals surface area contributed by atoms with Gasteiger partial charge in [-0.3, -0.25) is 9.40 Å². The number of aromatic nitrogens is 2. The Balaban J connectivity index is 1.67. The molecule has 6 nitrogen and oxygen atoms in total. The lowest BCUT2D eigenvalue weighted by Gasteiger charge is -2.23. The van der Waals surface area contributed by atoms with Gasteiger partial charge < -0.3 is 5.73 Å². The van der Waals surface area contributed by atoms with E-state index in [9.17, 15) is 9.18 Å². The van der Waals surface area contributed by atoms with Gasteiger partial charge in [-0.05, 0) is 11.1 Å². The summed E-state index contributed by atoms with van der Waals surface area (Å²) in [5.41, 5.74) is 6.89. The fourth-order valence-electron chi connectivity index (χ4n) is 3.30. The summed E-state index contributed by atoms with van der Waals surface area (Å²) in [7, 11) is 0. The van der Waals surface area contributed by atoms with Crippen molar-refractivity contribution in [1.29, 1.82) is 0 Å². The SMILES string of the molecule is Nc1nc(=O)n([C@@H]2C[C@@H](c3ccccc3)N(Cc3ccccc3)O2)cc1F. The molecule has 2 atom stereocenters. The second-order valence-corrected chi connectivity index (χ2v) is 6.45. The lowest BCUT2D eigenvalue weighted by Crippen LogP contribution is -2.29. The molecule has 2 heterocycles. The third-order valence-electron chi connectivity index (χ3n) is 4.64. The zero-order chi connectivity index (χ0) is 18.8. The molecule has 3 aromatic rings. The van der Waals surface area contributed by atoms with Gasteiger partial charge in [-0.1, -0.05) is 60.7 Å². The smallest absolute Gasteiger partial charge is 0.351 e. The van der Waals surface area contributed by atoms with Gasteiger partial charge in [0.1, 0.15) is 0 Å². The summed E-state index contributed by atoms with van der Waals surface area (Å²) >= 11 is 0.